The molecule has 0 atom stereocenters. The smallest absolute Gasteiger partial charge is 0.319 e. The molecule has 4 heteroatoms. The van der Waals surface area contributed by atoms with Gasteiger partial charge in [-0.25, -0.2) is 4.79 Å². The van der Waals surface area contributed by atoms with Crippen LogP contribution in [-0.2, 0) is 0 Å². The van der Waals surface area contributed by atoms with Crippen molar-refractivity contribution in [3.8, 4) is 0 Å². The van der Waals surface area contributed by atoms with Crippen molar-refractivity contribution in [2.75, 3.05) is 17.6 Å². The van der Waals surface area contributed by atoms with Crippen LogP contribution in [0.15, 0.2) is 24.3 Å². The van der Waals surface area contributed by atoms with Crippen LogP contribution in [-0.4, -0.2) is 12.6 Å². The zero-order valence-electron chi connectivity index (χ0n) is 9.79. The number of urea groups is 1. The maximum atomic E-state index is 11.4. The Kier molecular flexibility index (Phi) is 4.64. The molecule has 0 bridgehead atoms. The highest BCUT2D eigenvalue weighted by Gasteiger charge is 2.01. The number of anilines is 2. The molecule has 0 heterocycles. The van der Waals surface area contributed by atoms with Crippen molar-refractivity contribution < 1.29 is 4.79 Å². The van der Waals surface area contributed by atoms with Gasteiger partial charge in [-0.2, -0.15) is 0 Å². The summed E-state index contributed by atoms with van der Waals surface area (Å²) >= 11 is 0. The Labute approximate surface area is 96.2 Å². The highest BCUT2D eigenvalue weighted by atomic mass is 16.2. The van der Waals surface area contributed by atoms with Crippen LogP contribution in [0.3, 0.4) is 0 Å². The largest absolute Gasteiger partial charge is 0.399 e. The molecule has 0 spiro atoms. The Bertz CT molecular complexity index is 350. The van der Waals surface area contributed by atoms with E-state index in [1.165, 1.54) is 0 Å². The van der Waals surface area contributed by atoms with Crippen molar-refractivity contribution in [2.24, 2.45) is 5.92 Å². The monoisotopic (exact) mass is 221 g/mol. The lowest BCUT2D eigenvalue weighted by molar-refractivity contribution is 0.251. The molecule has 1 aromatic carbocycles. The number of nitrogens with one attached hydrogen (secondary N) is 2. The van der Waals surface area contributed by atoms with Crippen molar-refractivity contribution in [1.29, 1.82) is 0 Å². The van der Waals surface area contributed by atoms with Gasteiger partial charge in [0.15, 0.2) is 0 Å². The third-order valence-electron chi connectivity index (χ3n) is 2.15. The van der Waals surface area contributed by atoms with Crippen molar-refractivity contribution in [1.82, 2.24) is 5.32 Å². The number of nitrogen functional groups attached to an aromatic ring is 1. The van der Waals surface area contributed by atoms with Gasteiger partial charge >= 0.3 is 6.03 Å². The van der Waals surface area contributed by atoms with Gasteiger partial charge in [0, 0.05) is 17.9 Å². The zero-order valence-corrected chi connectivity index (χ0v) is 9.79. The van der Waals surface area contributed by atoms with Gasteiger partial charge in [-0.05, 0) is 30.5 Å². The SMILES string of the molecule is CC(C)CCNC(=O)Nc1cccc(N)c1. The van der Waals surface area contributed by atoms with Crippen LogP contribution in [0.5, 0.6) is 0 Å². The van der Waals surface area contributed by atoms with Crippen LogP contribution in [0.2, 0.25) is 0 Å². The van der Waals surface area contributed by atoms with Crippen LogP contribution in [0, 0.1) is 5.92 Å². The van der Waals surface area contributed by atoms with Gasteiger partial charge in [-0.15, -0.1) is 0 Å². The molecular weight excluding hydrogens is 202 g/mol. The summed E-state index contributed by atoms with van der Waals surface area (Å²) < 4.78 is 0. The third kappa shape index (κ3) is 4.68. The van der Waals surface area contributed by atoms with E-state index in [0.717, 1.165) is 6.42 Å². The second-order valence-corrected chi connectivity index (χ2v) is 4.19. The Hall–Kier alpha value is -1.71. The van der Waals surface area contributed by atoms with Crippen LogP contribution < -0.4 is 16.4 Å². The van der Waals surface area contributed by atoms with Gasteiger partial charge in [0.25, 0.3) is 0 Å². The van der Waals surface area contributed by atoms with E-state index in [0.29, 0.717) is 23.8 Å². The summed E-state index contributed by atoms with van der Waals surface area (Å²) in [4.78, 5) is 11.4. The summed E-state index contributed by atoms with van der Waals surface area (Å²) in [5.41, 5.74) is 6.95. The van der Waals surface area contributed by atoms with E-state index in [1.54, 1.807) is 24.3 Å². The number of benzene rings is 1. The molecule has 0 aromatic heterocycles. The molecule has 0 aliphatic rings. The molecule has 0 fully saturated rings. The summed E-state index contributed by atoms with van der Waals surface area (Å²) in [7, 11) is 0. The average Bonchev–Trinajstić information content (AvgIpc) is 2.16. The maximum absolute atomic E-state index is 11.4. The standard InChI is InChI=1S/C12H19N3O/c1-9(2)6-7-14-12(16)15-11-5-3-4-10(13)8-11/h3-5,8-9H,6-7,13H2,1-2H3,(H2,14,15,16). The van der Waals surface area contributed by atoms with E-state index in [4.69, 9.17) is 5.73 Å². The second kappa shape index (κ2) is 6.00. The van der Waals surface area contributed by atoms with Crippen LogP contribution in [0.1, 0.15) is 20.3 Å². The summed E-state index contributed by atoms with van der Waals surface area (Å²) in [6.07, 6.45) is 0.977. The zero-order chi connectivity index (χ0) is 12.0. The minimum Gasteiger partial charge on any atom is -0.399 e. The molecule has 0 unspecified atom stereocenters. The molecule has 0 saturated carbocycles. The van der Waals surface area contributed by atoms with Crippen LogP contribution in [0.25, 0.3) is 0 Å². The molecule has 16 heavy (non-hydrogen) atoms. The fourth-order valence-electron chi connectivity index (χ4n) is 1.27. The van der Waals surface area contributed by atoms with E-state index in [-0.39, 0.29) is 6.03 Å². The Morgan fingerprint density at radius 2 is 2.19 bits per heavy atom. The van der Waals surface area contributed by atoms with Gasteiger partial charge in [0.1, 0.15) is 0 Å². The molecule has 1 aromatic rings. The highest BCUT2D eigenvalue weighted by molar-refractivity contribution is 5.89. The molecule has 0 radical (unpaired) electrons. The van der Waals surface area contributed by atoms with Gasteiger partial charge in [0.2, 0.25) is 0 Å². The number of carbonyl (C=O) groups is 1. The topological polar surface area (TPSA) is 67.2 Å². The minimum absolute atomic E-state index is 0.189. The van der Waals surface area contributed by atoms with E-state index >= 15 is 0 Å². The number of carbonyl (C=O) groups excluding carboxylic acids is 1. The normalized spacial score (nSPS) is 10.2. The van der Waals surface area contributed by atoms with Crippen molar-refractivity contribution in [3.05, 3.63) is 24.3 Å². The molecule has 0 saturated heterocycles. The first-order valence-electron chi connectivity index (χ1n) is 5.48. The fourth-order valence-corrected chi connectivity index (χ4v) is 1.27. The van der Waals surface area contributed by atoms with E-state index in [2.05, 4.69) is 24.5 Å². The lowest BCUT2D eigenvalue weighted by atomic mass is 10.1. The predicted octanol–water partition coefficient (Wildman–Crippen LogP) is 2.44. The van der Waals surface area contributed by atoms with Crippen molar-refractivity contribution in [2.45, 2.75) is 20.3 Å². The molecule has 1 rings (SSSR count). The minimum atomic E-state index is -0.189. The first-order valence-corrected chi connectivity index (χ1v) is 5.48. The third-order valence-corrected chi connectivity index (χ3v) is 2.15. The fraction of sp³-hybridized carbons (Fsp3) is 0.417. The number of amides is 2. The lowest BCUT2D eigenvalue weighted by Gasteiger charge is -2.09. The van der Waals surface area contributed by atoms with E-state index < -0.39 is 0 Å². The number of nitrogens with two attached hydrogens (primary N) is 1. The van der Waals surface area contributed by atoms with Gasteiger partial charge in [-0.1, -0.05) is 19.9 Å². The molecule has 4 N–H and O–H groups in total. The maximum Gasteiger partial charge on any atom is 0.319 e. The number of rotatable bonds is 4. The predicted molar refractivity (Wildman–Crippen MR) is 67.3 cm³/mol. The molecule has 88 valence electrons. The highest BCUT2D eigenvalue weighted by Crippen LogP contribution is 2.11. The second-order valence-electron chi connectivity index (χ2n) is 4.19. The van der Waals surface area contributed by atoms with Gasteiger partial charge < -0.3 is 16.4 Å². The molecule has 0 aliphatic heterocycles. The van der Waals surface area contributed by atoms with Crippen LogP contribution in [0.4, 0.5) is 16.2 Å². The van der Waals surface area contributed by atoms with Crippen molar-refractivity contribution >= 4 is 17.4 Å². The van der Waals surface area contributed by atoms with E-state index in [1.807, 2.05) is 0 Å². The molecule has 4 nitrogen and oxygen atoms in total. The quantitative estimate of drug-likeness (QED) is 0.683. The number of hydrogen-bond donors (Lipinski definition) is 3. The Morgan fingerprint density at radius 3 is 2.81 bits per heavy atom. The molecule has 0 aliphatic carbocycles. The van der Waals surface area contributed by atoms with Gasteiger partial charge in [-0.3, -0.25) is 0 Å². The summed E-state index contributed by atoms with van der Waals surface area (Å²) in [6.45, 7) is 4.93. The molecule has 2 amide bonds. The average molecular weight is 221 g/mol. The number of hydrogen-bond acceptors (Lipinski definition) is 2. The van der Waals surface area contributed by atoms with Crippen molar-refractivity contribution in [3.63, 3.8) is 0 Å². The van der Waals surface area contributed by atoms with Gasteiger partial charge in [0.05, 0.1) is 0 Å². The first-order chi connectivity index (χ1) is 7.58. The molecular formula is C12H19N3O. The summed E-state index contributed by atoms with van der Waals surface area (Å²) in [5.74, 6) is 0.590. The summed E-state index contributed by atoms with van der Waals surface area (Å²) in [6, 6.07) is 6.92. The first kappa shape index (κ1) is 12.4. The Balaban J connectivity index is 2.34. The lowest BCUT2D eigenvalue weighted by Crippen LogP contribution is -2.30. The van der Waals surface area contributed by atoms with E-state index in [9.17, 15) is 4.79 Å². The summed E-state index contributed by atoms with van der Waals surface area (Å²) in [5, 5.41) is 5.52. The van der Waals surface area contributed by atoms with Crippen LogP contribution >= 0.6 is 0 Å². The Morgan fingerprint density at radius 1 is 1.44 bits per heavy atom.